The van der Waals surface area contributed by atoms with Crippen LogP contribution < -0.4 is 10.1 Å². The normalized spacial score (nSPS) is 10.3. The number of amides is 1. The zero-order chi connectivity index (χ0) is 21.8. The Bertz CT molecular complexity index is 1160. The summed E-state index contributed by atoms with van der Waals surface area (Å²) in [4.78, 5) is 35.1. The maximum absolute atomic E-state index is 12.6. The molecule has 0 radical (unpaired) electrons. The minimum absolute atomic E-state index is 0.0867. The Balaban J connectivity index is 1.89. The molecule has 0 aliphatic rings. The predicted molar refractivity (Wildman–Crippen MR) is 111 cm³/mol. The van der Waals surface area contributed by atoms with E-state index in [0.717, 1.165) is 12.1 Å². The van der Waals surface area contributed by atoms with Gasteiger partial charge in [0.15, 0.2) is 5.75 Å². The van der Waals surface area contributed by atoms with Gasteiger partial charge in [-0.1, -0.05) is 35.3 Å². The molecule has 1 amide bonds. The van der Waals surface area contributed by atoms with Crippen LogP contribution in [0.3, 0.4) is 0 Å². The van der Waals surface area contributed by atoms with Gasteiger partial charge in [-0.15, -0.1) is 0 Å². The number of aromatic carboxylic acids is 2. The Morgan fingerprint density at radius 2 is 1.47 bits per heavy atom. The number of carbonyl (C=O) groups excluding carboxylic acids is 1. The lowest BCUT2D eigenvalue weighted by atomic mass is 10.1. The highest BCUT2D eigenvalue weighted by molar-refractivity contribution is 6.37. The van der Waals surface area contributed by atoms with Gasteiger partial charge in [0.25, 0.3) is 5.91 Å². The molecule has 0 spiro atoms. The van der Waals surface area contributed by atoms with E-state index in [2.05, 4.69) is 5.32 Å². The van der Waals surface area contributed by atoms with Crippen molar-refractivity contribution >= 4 is 46.7 Å². The second kappa shape index (κ2) is 8.86. The summed E-state index contributed by atoms with van der Waals surface area (Å²) in [5.41, 5.74) is -0.286. The summed E-state index contributed by atoms with van der Waals surface area (Å²) in [6.45, 7) is 0. The molecular weight excluding hydrogens is 433 g/mol. The second-order valence-corrected chi connectivity index (χ2v) is 6.84. The molecular formula is C21H13Cl2NO6. The number of anilines is 1. The number of hydrogen-bond donors (Lipinski definition) is 3. The molecule has 3 N–H and O–H groups in total. The van der Waals surface area contributed by atoms with Crippen LogP contribution in [0.5, 0.6) is 11.5 Å². The molecule has 30 heavy (non-hydrogen) atoms. The largest absolute Gasteiger partial charge is 0.478 e. The third kappa shape index (κ3) is 4.71. The molecule has 0 heterocycles. The predicted octanol–water partition coefficient (Wildman–Crippen LogP) is 5.43. The lowest BCUT2D eigenvalue weighted by Gasteiger charge is -2.13. The second-order valence-electron chi connectivity index (χ2n) is 5.99. The fraction of sp³-hybridized carbons (Fsp3) is 0. The van der Waals surface area contributed by atoms with Crippen molar-refractivity contribution in [3.8, 4) is 11.5 Å². The van der Waals surface area contributed by atoms with Crippen LogP contribution in [0.4, 0.5) is 5.69 Å². The van der Waals surface area contributed by atoms with Crippen molar-refractivity contribution in [2.45, 2.75) is 0 Å². The van der Waals surface area contributed by atoms with Gasteiger partial charge in [-0.05, 0) is 48.5 Å². The number of halogens is 2. The lowest BCUT2D eigenvalue weighted by molar-refractivity contribution is 0.0651. The summed E-state index contributed by atoms with van der Waals surface area (Å²) >= 11 is 11.9. The number of hydrogen-bond acceptors (Lipinski definition) is 4. The van der Waals surface area contributed by atoms with Gasteiger partial charge in [0.05, 0.1) is 27.4 Å². The number of para-hydroxylation sites is 2. The smallest absolute Gasteiger partial charge is 0.336 e. The minimum Gasteiger partial charge on any atom is -0.478 e. The van der Waals surface area contributed by atoms with Gasteiger partial charge in [-0.25, -0.2) is 9.59 Å². The molecule has 3 aromatic rings. The summed E-state index contributed by atoms with van der Waals surface area (Å²) in [5, 5.41) is 21.6. The molecule has 0 bridgehead atoms. The van der Waals surface area contributed by atoms with E-state index in [0.29, 0.717) is 10.7 Å². The van der Waals surface area contributed by atoms with Crippen molar-refractivity contribution in [1.82, 2.24) is 0 Å². The van der Waals surface area contributed by atoms with Crippen molar-refractivity contribution in [2.75, 3.05) is 5.32 Å². The van der Waals surface area contributed by atoms with E-state index in [1.54, 1.807) is 24.3 Å². The van der Waals surface area contributed by atoms with Crippen LogP contribution in [-0.4, -0.2) is 28.1 Å². The highest BCUT2D eigenvalue weighted by Gasteiger charge is 2.18. The van der Waals surface area contributed by atoms with Gasteiger partial charge in [0, 0.05) is 5.02 Å². The van der Waals surface area contributed by atoms with Crippen LogP contribution in [0.15, 0.2) is 60.7 Å². The first kappa shape index (κ1) is 21.2. The van der Waals surface area contributed by atoms with E-state index in [-0.39, 0.29) is 27.6 Å². The molecule has 0 saturated carbocycles. The Kier molecular flexibility index (Phi) is 6.25. The molecule has 0 fully saturated rings. The van der Waals surface area contributed by atoms with Crippen molar-refractivity contribution < 1.29 is 29.3 Å². The lowest BCUT2D eigenvalue weighted by Crippen LogP contribution is -2.13. The van der Waals surface area contributed by atoms with Crippen LogP contribution in [0.1, 0.15) is 31.1 Å². The van der Waals surface area contributed by atoms with Crippen molar-refractivity contribution in [3.63, 3.8) is 0 Å². The van der Waals surface area contributed by atoms with Gasteiger partial charge in [0.2, 0.25) is 0 Å². The van der Waals surface area contributed by atoms with Gasteiger partial charge < -0.3 is 20.3 Å². The van der Waals surface area contributed by atoms with Gasteiger partial charge in [0.1, 0.15) is 5.75 Å². The quantitative estimate of drug-likeness (QED) is 0.465. The number of rotatable bonds is 6. The molecule has 3 aromatic carbocycles. The summed E-state index contributed by atoms with van der Waals surface area (Å²) in [6, 6.07) is 14.5. The molecule has 7 nitrogen and oxygen atoms in total. The van der Waals surface area contributed by atoms with Crippen molar-refractivity contribution in [2.24, 2.45) is 0 Å². The molecule has 0 atom stereocenters. The Hall–Kier alpha value is -3.55. The molecule has 0 aliphatic heterocycles. The Morgan fingerprint density at radius 1 is 0.800 bits per heavy atom. The number of benzene rings is 3. The van der Waals surface area contributed by atoms with E-state index < -0.39 is 23.4 Å². The molecule has 0 saturated heterocycles. The van der Waals surface area contributed by atoms with Crippen molar-refractivity contribution in [3.05, 3.63) is 87.4 Å². The summed E-state index contributed by atoms with van der Waals surface area (Å²) in [7, 11) is 0. The maximum Gasteiger partial charge on any atom is 0.336 e. The molecule has 3 rings (SSSR count). The number of carbonyl (C=O) groups is 3. The molecule has 9 heteroatoms. The highest BCUT2D eigenvalue weighted by atomic mass is 35.5. The number of carboxylic acids is 2. The standard InChI is InChI=1S/C21H13Cl2NO6/c22-11-5-7-14(16(23)9-11)19(25)24-17-3-1-2-4-18(17)30-12-6-8-13(20(26)27)15(10-12)21(28)29/h1-10H,(H,24,25)(H,26,27)(H,28,29). The third-order valence-corrected chi connectivity index (χ3v) is 4.54. The number of nitrogens with one attached hydrogen (secondary N) is 1. The first-order chi connectivity index (χ1) is 14.3. The Morgan fingerprint density at radius 3 is 2.13 bits per heavy atom. The fourth-order valence-electron chi connectivity index (χ4n) is 2.60. The zero-order valence-electron chi connectivity index (χ0n) is 15.1. The molecule has 0 aromatic heterocycles. The average Bonchev–Trinajstić information content (AvgIpc) is 2.69. The molecule has 0 aliphatic carbocycles. The summed E-state index contributed by atoms with van der Waals surface area (Å²) in [6.07, 6.45) is 0. The van der Waals surface area contributed by atoms with Crippen LogP contribution >= 0.6 is 23.2 Å². The first-order valence-corrected chi connectivity index (χ1v) is 9.16. The highest BCUT2D eigenvalue weighted by Crippen LogP contribution is 2.31. The van der Waals surface area contributed by atoms with E-state index in [9.17, 15) is 19.5 Å². The maximum atomic E-state index is 12.6. The fourth-order valence-corrected chi connectivity index (χ4v) is 3.09. The van der Waals surface area contributed by atoms with Gasteiger partial charge >= 0.3 is 11.9 Å². The summed E-state index contributed by atoms with van der Waals surface area (Å²) in [5.74, 6) is -2.97. The number of ether oxygens (including phenoxy) is 1. The SMILES string of the molecule is O=C(Nc1ccccc1Oc1ccc(C(=O)O)c(C(=O)O)c1)c1ccc(Cl)cc1Cl. The average molecular weight is 446 g/mol. The van der Waals surface area contributed by atoms with Gasteiger partial charge in [-0.3, -0.25) is 4.79 Å². The van der Waals surface area contributed by atoms with Gasteiger partial charge in [-0.2, -0.15) is 0 Å². The van der Waals surface area contributed by atoms with E-state index in [4.69, 9.17) is 33.0 Å². The number of carboxylic acid groups (broad SMARTS) is 2. The topological polar surface area (TPSA) is 113 Å². The van der Waals surface area contributed by atoms with E-state index in [1.165, 1.54) is 24.3 Å². The molecule has 0 unspecified atom stereocenters. The van der Waals surface area contributed by atoms with Crippen molar-refractivity contribution in [1.29, 1.82) is 0 Å². The molecule has 152 valence electrons. The monoisotopic (exact) mass is 445 g/mol. The van der Waals surface area contributed by atoms with Crippen LogP contribution in [0.2, 0.25) is 10.0 Å². The third-order valence-electron chi connectivity index (χ3n) is 3.99. The van der Waals surface area contributed by atoms with Crippen LogP contribution in [0, 0.1) is 0 Å². The minimum atomic E-state index is -1.41. The van der Waals surface area contributed by atoms with E-state index >= 15 is 0 Å². The zero-order valence-corrected chi connectivity index (χ0v) is 16.6. The van der Waals surface area contributed by atoms with Crippen LogP contribution in [0.25, 0.3) is 0 Å². The summed E-state index contributed by atoms with van der Waals surface area (Å²) < 4.78 is 5.70. The van der Waals surface area contributed by atoms with E-state index in [1.807, 2.05) is 0 Å². The first-order valence-electron chi connectivity index (χ1n) is 8.40. The van der Waals surface area contributed by atoms with Crippen LogP contribution in [-0.2, 0) is 0 Å². The Labute approximate surface area is 180 Å².